The smallest absolute Gasteiger partial charge is 0.231 e. The first-order chi connectivity index (χ1) is 12.4. The van der Waals surface area contributed by atoms with Gasteiger partial charge >= 0.3 is 0 Å². The third kappa shape index (κ3) is 3.53. The zero-order valence-corrected chi connectivity index (χ0v) is 15.9. The number of para-hydroxylation sites is 1. The van der Waals surface area contributed by atoms with Gasteiger partial charge in [-0.1, -0.05) is 36.5 Å². The summed E-state index contributed by atoms with van der Waals surface area (Å²) in [6.07, 6.45) is 0.997. The van der Waals surface area contributed by atoms with Crippen molar-refractivity contribution in [2.45, 2.75) is 33.6 Å². The third-order valence-corrected chi connectivity index (χ3v) is 5.68. The van der Waals surface area contributed by atoms with Crippen LogP contribution in [0.5, 0.6) is 0 Å². The maximum Gasteiger partial charge on any atom is 0.231 e. The van der Waals surface area contributed by atoms with Crippen molar-refractivity contribution in [3.63, 3.8) is 0 Å². The molecule has 1 aromatic carbocycles. The monoisotopic (exact) mass is 371 g/mol. The number of hydrogen-bond donors (Lipinski definition) is 1. The molecule has 1 aliphatic heterocycles. The lowest BCUT2D eigenvalue weighted by atomic mass is 10.1. The Kier molecular flexibility index (Phi) is 5.18. The second-order valence-electron chi connectivity index (χ2n) is 6.37. The number of benzene rings is 1. The van der Waals surface area contributed by atoms with Gasteiger partial charge in [-0.15, -0.1) is 0 Å². The summed E-state index contributed by atoms with van der Waals surface area (Å²) in [6.45, 7) is 5.61. The number of carbonyl (C=O) groups excluding carboxylic acids is 3. The lowest BCUT2D eigenvalue weighted by Gasteiger charge is -2.19. The molecule has 26 heavy (non-hydrogen) atoms. The van der Waals surface area contributed by atoms with E-state index in [2.05, 4.69) is 10.3 Å². The summed E-state index contributed by atoms with van der Waals surface area (Å²) in [5.74, 6) is -0.791. The van der Waals surface area contributed by atoms with E-state index in [-0.39, 0.29) is 24.0 Å². The van der Waals surface area contributed by atoms with Gasteiger partial charge in [-0.25, -0.2) is 4.98 Å². The van der Waals surface area contributed by atoms with E-state index >= 15 is 0 Å². The van der Waals surface area contributed by atoms with Gasteiger partial charge < -0.3 is 10.2 Å². The number of anilines is 2. The highest BCUT2D eigenvalue weighted by Gasteiger charge is 2.36. The number of aryl methyl sites for hydroxylation is 2. The molecule has 0 bridgehead atoms. The number of amides is 2. The van der Waals surface area contributed by atoms with Crippen LogP contribution in [-0.4, -0.2) is 29.1 Å². The van der Waals surface area contributed by atoms with Crippen molar-refractivity contribution < 1.29 is 14.4 Å². The molecule has 0 aliphatic carbocycles. The molecule has 0 saturated carbocycles. The summed E-state index contributed by atoms with van der Waals surface area (Å²) in [4.78, 5) is 43.0. The summed E-state index contributed by atoms with van der Waals surface area (Å²) < 4.78 is 0. The first-order valence-corrected chi connectivity index (χ1v) is 9.39. The highest BCUT2D eigenvalue weighted by molar-refractivity contribution is 7.17. The molecule has 1 N–H and O–H groups in total. The number of rotatable bonds is 5. The van der Waals surface area contributed by atoms with Crippen molar-refractivity contribution in [2.75, 3.05) is 16.8 Å². The topological polar surface area (TPSA) is 79.4 Å². The predicted molar refractivity (Wildman–Crippen MR) is 102 cm³/mol. The molecule has 3 rings (SSSR count). The number of thiazole rings is 1. The number of carbonyl (C=O) groups is 3. The van der Waals surface area contributed by atoms with Crippen molar-refractivity contribution in [1.29, 1.82) is 0 Å². The minimum Gasteiger partial charge on any atom is -0.311 e. The number of Topliss-reactive ketones (excluding diaryl/α,β-unsaturated/α-hetero) is 1. The summed E-state index contributed by atoms with van der Waals surface area (Å²) in [5.41, 5.74) is 2.57. The lowest BCUT2D eigenvalue weighted by Crippen LogP contribution is -2.28. The van der Waals surface area contributed by atoms with E-state index in [1.807, 2.05) is 31.2 Å². The van der Waals surface area contributed by atoms with E-state index < -0.39 is 5.92 Å². The molecule has 2 aromatic rings. The highest BCUT2D eigenvalue weighted by Crippen LogP contribution is 2.30. The van der Waals surface area contributed by atoms with Crippen LogP contribution < -0.4 is 10.2 Å². The van der Waals surface area contributed by atoms with Gasteiger partial charge in [0, 0.05) is 25.6 Å². The van der Waals surface area contributed by atoms with Crippen molar-refractivity contribution in [3.05, 3.63) is 40.4 Å². The van der Waals surface area contributed by atoms with Crippen LogP contribution in [0.15, 0.2) is 24.3 Å². The number of nitrogens with zero attached hydrogens (tertiary/aromatic N) is 2. The van der Waals surface area contributed by atoms with Gasteiger partial charge in [0.05, 0.1) is 16.5 Å². The van der Waals surface area contributed by atoms with Gasteiger partial charge in [0.2, 0.25) is 11.8 Å². The molecule has 1 atom stereocenters. The molecule has 7 heteroatoms. The van der Waals surface area contributed by atoms with Crippen molar-refractivity contribution in [2.24, 2.45) is 5.92 Å². The molecule has 2 amide bonds. The van der Waals surface area contributed by atoms with Gasteiger partial charge in [0.1, 0.15) is 0 Å². The van der Waals surface area contributed by atoms with E-state index in [1.165, 1.54) is 18.3 Å². The van der Waals surface area contributed by atoms with E-state index in [9.17, 15) is 14.4 Å². The van der Waals surface area contributed by atoms with Crippen molar-refractivity contribution in [1.82, 2.24) is 4.98 Å². The van der Waals surface area contributed by atoms with Crippen LogP contribution in [0, 0.1) is 12.8 Å². The number of aromatic nitrogens is 1. The fourth-order valence-corrected chi connectivity index (χ4v) is 4.04. The molecule has 1 saturated heterocycles. The Balaban J connectivity index is 1.73. The summed E-state index contributed by atoms with van der Waals surface area (Å²) >= 11 is 1.17. The molecule has 136 valence electrons. The predicted octanol–water partition coefficient (Wildman–Crippen LogP) is 3.21. The zero-order chi connectivity index (χ0) is 18.8. The molecule has 1 fully saturated rings. The molecule has 2 heterocycles. The maximum absolute atomic E-state index is 12.6. The van der Waals surface area contributed by atoms with Crippen LogP contribution in [0.2, 0.25) is 0 Å². The van der Waals surface area contributed by atoms with Crippen LogP contribution in [0.1, 0.15) is 41.2 Å². The standard InChI is InChI=1S/C19H21N3O3S/c1-4-13-7-5-6-8-15(13)22-10-14(9-16(22)24)18(25)21-19-20-11(2)17(26-19)12(3)23/h5-8,14H,4,9-10H2,1-3H3,(H,20,21,25)/t14-/m0/s1. The average Bonchev–Trinajstić information content (AvgIpc) is 3.17. The molecule has 1 aliphatic rings. The summed E-state index contributed by atoms with van der Waals surface area (Å²) in [5, 5.41) is 3.16. The molecule has 1 aromatic heterocycles. The first kappa shape index (κ1) is 18.3. The second-order valence-corrected chi connectivity index (χ2v) is 7.37. The Hall–Kier alpha value is -2.54. The van der Waals surface area contributed by atoms with E-state index in [1.54, 1.807) is 11.8 Å². The van der Waals surface area contributed by atoms with E-state index in [4.69, 9.17) is 0 Å². The van der Waals surface area contributed by atoms with Gasteiger partial charge in [-0.05, 0) is 25.0 Å². The Morgan fingerprint density at radius 1 is 1.35 bits per heavy atom. The Morgan fingerprint density at radius 3 is 2.73 bits per heavy atom. The fourth-order valence-electron chi connectivity index (χ4n) is 3.17. The van der Waals surface area contributed by atoms with Gasteiger partial charge in [0.15, 0.2) is 10.9 Å². The van der Waals surface area contributed by atoms with Crippen LogP contribution in [0.3, 0.4) is 0 Å². The zero-order valence-electron chi connectivity index (χ0n) is 15.0. The number of nitrogens with one attached hydrogen (secondary N) is 1. The van der Waals surface area contributed by atoms with Crippen molar-refractivity contribution in [3.8, 4) is 0 Å². The molecule has 0 spiro atoms. The Morgan fingerprint density at radius 2 is 2.08 bits per heavy atom. The molecule has 0 radical (unpaired) electrons. The van der Waals surface area contributed by atoms with Crippen LogP contribution >= 0.6 is 11.3 Å². The Bertz CT molecular complexity index is 875. The van der Waals surface area contributed by atoms with Gasteiger partial charge in [-0.3, -0.25) is 14.4 Å². The average molecular weight is 371 g/mol. The minimum absolute atomic E-state index is 0.0502. The SMILES string of the molecule is CCc1ccccc1N1C[C@@H](C(=O)Nc2nc(C)c(C(C)=O)s2)CC1=O. The number of ketones is 1. The van der Waals surface area contributed by atoms with Crippen LogP contribution in [0.25, 0.3) is 0 Å². The quantitative estimate of drug-likeness (QED) is 0.819. The third-order valence-electron chi connectivity index (χ3n) is 4.51. The molecular weight excluding hydrogens is 350 g/mol. The van der Waals surface area contributed by atoms with E-state index in [0.29, 0.717) is 22.2 Å². The van der Waals surface area contributed by atoms with Crippen LogP contribution in [-0.2, 0) is 16.0 Å². The van der Waals surface area contributed by atoms with Gasteiger partial charge in [0.25, 0.3) is 0 Å². The van der Waals surface area contributed by atoms with Crippen LogP contribution in [0.4, 0.5) is 10.8 Å². The van der Waals surface area contributed by atoms with Gasteiger partial charge in [-0.2, -0.15) is 0 Å². The highest BCUT2D eigenvalue weighted by atomic mass is 32.1. The number of hydrogen-bond acceptors (Lipinski definition) is 5. The molecular formula is C19H21N3O3S. The lowest BCUT2D eigenvalue weighted by molar-refractivity contribution is -0.122. The largest absolute Gasteiger partial charge is 0.311 e. The summed E-state index contributed by atoms with van der Waals surface area (Å²) in [6, 6.07) is 7.76. The fraction of sp³-hybridized carbons (Fsp3) is 0.368. The normalized spacial score (nSPS) is 16.8. The molecule has 0 unspecified atom stereocenters. The van der Waals surface area contributed by atoms with Crippen molar-refractivity contribution >= 4 is 39.8 Å². The minimum atomic E-state index is -0.433. The summed E-state index contributed by atoms with van der Waals surface area (Å²) in [7, 11) is 0. The molecule has 6 nitrogen and oxygen atoms in total. The Labute approximate surface area is 156 Å². The van der Waals surface area contributed by atoms with E-state index in [0.717, 1.165) is 17.7 Å². The maximum atomic E-state index is 12.6. The second kappa shape index (κ2) is 7.37. The first-order valence-electron chi connectivity index (χ1n) is 8.58.